The highest BCUT2D eigenvalue weighted by atomic mass is 79.9. The lowest BCUT2D eigenvalue weighted by molar-refractivity contribution is 0.681. The topological polar surface area (TPSA) is 29.9 Å². The molecule has 0 spiro atoms. The standard InChI is InChI=1S/C13H15BrClN3/c1-2-4-18-5-3-10(9-18)7-16-11-6-12(14)13(15)17-8-11/h3,5-6,8-9,16H,2,4,7H2,1H3. The van der Waals surface area contributed by atoms with Crippen molar-refractivity contribution in [1.29, 1.82) is 0 Å². The molecule has 0 radical (unpaired) electrons. The quantitative estimate of drug-likeness (QED) is 0.828. The summed E-state index contributed by atoms with van der Waals surface area (Å²) < 4.78 is 3.00. The van der Waals surface area contributed by atoms with Gasteiger partial charge < -0.3 is 9.88 Å². The number of pyridine rings is 1. The molecule has 96 valence electrons. The van der Waals surface area contributed by atoms with Crippen LogP contribution in [0.1, 0.15) is 18.9 Å². The molecule has 0 aromatic carbocycles. The third kappa shape index (κ3) is 3.50. The van der Waals surface area contributed by atoms with Crippen LogP contribution in [0.2, 0.25) is 5.15 Å². The molecule has 0 amide bonds. The monoisotopic (exact) mass is 327 g/mol. The molecule has 1 N–H and O–H groups in total. The van der Waals surface area contributed by atoms with Gasteiger partial charge in [-0.05, 0) is 40.0 Å². The third-order valence-corrected chi connectivity index (χ3v) is 3.72. The first-order valence-electron chi connectivity index (χ1n) is 5.88. The van der Waals surface area contributed by atoms with Crippen molar-refractivity contribution in [1.82, 2.24) is 9.55 Å². The first-order chi connectivity index (χ1) is 8.69. The Morgan fingerprint density at radius 3 is 3.06 bits per heavy atom. The first-order valence-corrected chi connectivity index (χ1v) is 7.05. The van der Waals surface area contributed by atoms with Gasteiger partial charge in [0.2, 0.25) is 0 Å². The Labute approximate surface area is 120 Å². The number of anilines is 1. The molecule has 2 heterocycles. The molecule has 0 fully saturated rings. The Hall–Kier alpha value is -1.000. The predicted octanol–water partition coefficient (Wildman–Crippen LogP) is 4.32. The zero-order valence-electron chi connectivity index (χ0n) is 10.2. The minimum atomic E-state index is 0.481. The van der Waals surface area contributed by atoms with E-state index in [2.05, 4.69) is 56.2 Å². The van der Waals surface area contributed by atoms with E-state index in [4.69, 9.17) is 11.6 Å². The highest BCUT2D eigenvalue weighted by molar-refractivity contribution is 9.10. The second kappa shape index (κ2) is 6.25. The summed E-state index contributed by atoms with van der Waals surface area (Å²) in [6.45, 7) is 4.02. The van der Waals surface area contributed by atoms with Gasteiger partial charge in [0.25, 0.3) is 0 Å². The van der Waals surface area contributed by atoms with Crippen molar-refractivity contribution >= 4 is 33.2 Å². The van der Waals surface area contributed by atoms with Crippen LogP contribution < -0.4 is 5.32 Å². The number of hydrogen-bond acceptors (Lipinski definition) is 2. The van der Waals surface area contributed by atoms with Gasteiger partial charge >= 0.3 is 0 Å². The van der Waals surface area contributed by atoms with Gasteiger partial charge in [-0.1, -0.05) is 18.5 Å². The van der Waals surface area contributed by atoms with Gasteiger partial charge in [0, 0.05) is 25.5 Å². The maximum Gasteiger partial charge on any atom is 0.143 e. The average Bonchev–Trinajstić information content (AvgIpc) is 2.79. The molecule has 2 rings (SSSR count). The molecular formula is C13H15BrClN3. The number of rotatable bonds is 5. The van der Waals surface area contributed by atoms with E-state index in [1.54, 1.807) is 6.20 Å². The Morgan fingerprint density at radius 1 is 1.50 bits per heavy atom. The van der Waals surface area contributed by atoms with Crippen molar-refractivity contribution in [2.24, 2.45) is 0 Å². The Balaban J connectivity index is 1.95. The molecule has 2 aromatic rings. The zero-order valence-corrected chi connectivity index (χ0v) is 12.5. The van der Waals surface area contributed by atoms with Gasteiger partial charge in [-0.25, -0.2) is 4.98 Å². The van der Waals surface area contributed by atoms with E-state index in [9.17, 15) is 0 Å². The maximum atomic E-state index is 5.85. The van der Waals surface area contributed by atoms with Crippen LogP contribution in [0.15, 0.2) is 35.2 Å². The van der Waals surface area contributed by atoms with Gasteiger partial charge in [0.1, 0.15) is 5.15 Å². The van der Waals surface area contributed by atoms with Crippen LogP contribution in [0, 0.1) is 0 Å². The fourth-order valence-electron chi connectivity index (χ4n) is 1.71. The number of hydrogen-bond donors (Lipinski definition) is 1. The van der Waals surface area contributed by atoms with E-state index in [1.165, 1.54) is 5.56 Å². The summed E-state index contributed by atoms with van der Waals surface area (Å²) >= 11 is 9.21. The van der Waals surface area contributed by atoms with Crippen LogP contribution in [0.5, 0.6) is 0 Å². The number of aryl methyl sites for hydroxylation is 1. The molecule has 5 heteroatoms. The van der Waals surface area contributed by atoms with Gasteiger partial charge in [-0.15, -0.1) is 0 Å². The van der Waals surface area contributed by atoms with Crippen LogP contribution in [0.3, 0.4) is 0 Å². The molecule has 0 saturated carbocycles. The van der Waals surface area contributed by atoms with Crippen LogP contribution in [-0.4, -0.2) is 9.55 Å². The number of aromatic nitrogens is 2. The Morgan fingerprint density at radius 2 is 2.33 bits per heavy atom. The van der Waals surface area contributed by atoms with Crippen molar-refractivity contribution in [2.75, 3.05) is 5.32 Å². The molecule has 3 nitrogen and oxygen atoms in total. The normalized spacial score (nSPS) is 10.6. The third-order valence-electron chi connectivity index (χ3n) is 2.59. The highest BCUT2D eigenvalue weighted by Crippen LogP contribution is 2.23. The highest BCUT2D eigenvalue weighted by Gasteiger charge is 2.01. The second-order valence-electron chi connectivity index (χ2n) is 4.11. The van der Waals surface area contributed by atoms with E-state index in [0.29, 0.717) is 5.15 Å². The molecule has 0 unspecified atom stereocenters. The van der Waals surface area contributed by atoms with Gasteiger partial charge in [-0.3, -0.25) is 0 Å². The van der Waals surface area contributed by atoms with E-state index >= 15 is 0 Å². The van der Waals surface area contributed by atoms with Crippen molar-refractivity contribution in [3.63, 3.8) is 0 Å². The average molecular weight is 329 g/mol. The van der Waals surface area contributed by atoms with Crippen LogP contribution in [-0.2, 0) is 13.1 Å². The minimum Gasteiger partial charge on any atom is -0.380 e. The van der Waals surface area contributed by atoms with Crippen LogP contribution in [0.4, 0.5) is 5.69 Å². The first kappa shape index (κ1) is 13.4. The maximum absolute atomic E-state index is 5.85. The molecule has 0 atom stereocenters. The number of halogens is 2. The summed E-state index contributed by atoms with van der Waals surface area (Å²) in [6.07, 6.45) is 7.15. The fourth-order valence-corrected chi connectivity index (χ4v) is 2.17. The van der Waals surface area contributed by atoms with Crippen molar-refractivity contribution in [2.45, 2.75) is 26.4 Å². The van der Waals surface area contributed by atoms with Crippen molar-refractivity contribution in [3.8, 4) is 0 Å². The fraction of sp³-hybridized carbons (Fsp3) is 0.308. The molecule has 2 aromatic heterocycles. The summed E-state index contributed by atoms with van der Waals surface area (Å²) in [4.78, 5) is 4.08. The molecular weight excluding hydrogens is 314 g/mol. The minimum absolute atomic E-state index is 0.481. The Bertz CT molecular complexity index is 525. The SMILES string of the molecule is CCCn1ccc(CNc2cnc(Cl)c(Br)c2)c1. The summed E-state index contributed by atoms with van der Waals surface area (Å²) in [5.41, 5.74) is 2.21. The summed E-state index contributed by atoms with van der Waals surface area (Å²) in [5, 5.41) is 3.80. The van der Waals surface area contributed by atoms with E-state index in [-0.39, 0.29) is 0 Å². The summed E-state index contributed by atoms with van der Waals surface area (Å²) in [7, 11) is 0. The van der Waals surface area contributed by atoms with Gasteiger partial charge in [0.15, 0.2) is 0 Å². The summed E-state index contributed by atoms with van der Waals surface area (Å²) in [6, 6.07) is 4.05. The largest absolute Gasteiger partial charge is 0.380 e. The van der Waals surface area contributed by atoms with Crippen molar-refractivity contribution < 1.29 is 0 Å². The molecule has 0 saturated heterocycles. The number of nitrogens with zero attached hydrogens (tertiary/aromatic N) is 2. The molecule has 0 aliphatic rings. The zero-order chi connectivity index (χ0) is 13.0. The number of nitrogens with one attached hydrogen (secondary N) is 1. The van der Waals surface area contributed by atoms with E-state index < -0.39 is 0 Å². The van der Waals surface area contributed by atoms with E-state index in [0.717, 1.165) is 29.7 Å². The second-order valence-corrected chi connectivity index (χ2v) is 5.32. The molecule has 18 heavy (non-hydrogen) atoms. The molecule has 0 aliphatic heterocycles. The lowest BCUT2D eigenvalue weighted by Gasteiger charge is -2.05. The summed E-state index contributed by atoms with van der Waals surface area (Å²) in [5.74, 6) is 0. The predicted molar refractivity (Wildman–Crippen MR) is 79.0 cm³/mol. The van der Waals surface area contributed by atoms with Crippen LogP contribution in [0.25, 0.3) is 0 Å². The van der Waals surface area contributed by atoms with E-state index in [1.807, 2.05) is 6.07 Å². The lowest BCUT2D eigenvalue weighted by atomic mass is 10.3. The molecule has 0 aliphatic carbocycles. The lowest BCUT2D eigenvalue weighted by Crippen LogP contribution is -1.99. The Kier molecular flexibility index (Phi) is 4.66. The van der Waals surface area contributed by atoms with Gasteiger partial charge in [-0.2, -0.15) is 0 Å². The smallest absolute Gasteiger partial charge is 0.143 e. The molecule has 0 bridgehead atoms. The van der Waals surface area contributed by atoms with Gasteiger partial charge in [0.05, 0.1) is 16.4 Å². The van der Waals surface area contributed by atoms with Crippen molar-refractivity contribution in [3.05, 3.63) is 45.9 Å². The van der Waals surface area contributed by atoms with Crippen LogP contribution >= 0.6 is 27.5 Å².